The van der Waals surface area contributed by atoms with Crippen molar-refractivity contribution >= 4 is 0 Å². The molecule has 0 heterocycles. The summed E-state index contributed by atoms with van der Waals surface area (Å²) in [5.41, 5.74) is 3.61. The summed E-state index contributed by atoms with van der Waals surface area (Å²) in [6.07, 6.45) is -2.00. The molecular weight excluding hydrogens is 241 g/mol. The van der Waals surface area contributed by atoms with Crippen LogP contribution < -0.4 is 11.3 Å². The van der Waals surface area contributed by atoms with Crippen LogP contribution in [-0.4, -0.2) is 6.04 Å². The molecule has 5 heteroatoms. The second-order valence-corrected chi connectivity index (χ2v) is 4.42. The molecule has 0 spiro atoms. The molecule has 0 aliphatic rings. The highest BCUT2D eigenvalue weighted by Gasteiger charge is 2.30. The lowest BCUT2D eigenvalue weighted by molar-refractivity contribution is -0.137. The van der Waals surface area contributed by atoms with E-state index in [1.807, 2.05) is 19.9 Å². The van der Waals surface area contributed by atoms with E-state index in [-0.39, 0.29) is 6.04 Å². The molecule has 0 amide bonds. The highest BCUT2D eigenvalue weighted by atomic mass is 19.4. The lowest BCUT2D eigenvalue weighted by Crippen LogP contribution is -2.35. The van der Waals surface area contributed by atoms with Gasteiger partial charge in [0.2, 0.25) is 0 Å². The summed E-state index contributed by atoms with van der Waals surface area (Å²) in [5, 5.41) is 0. The molecule has 2 nitrogen and oxygen atoms in total. The third-order valence-electron chi connectivity index (χ3n) is 2.46. The lowest BCUT2D eigenvalue weighted by Gasteiger charge is -2.14. The van der Waals surface area contributed by atoms with Gasteiger partial charge in [0, 0.05) is 6.04 Å². The van der Waals surface area contributed by atoms with Crippen LogP contribution in [0.1, 0.15) is 25.0 Å². The topological polar surface area (TPSA) is 38.0 Å². The molecule has 18 heavy (non-hydrogen) atoms. The molecule has 1 rings (SSSR count). The van der Waals surface area contributed by atoms with Crippen LogP contribution in [0.2, 0.25) is 0 Å². The molecule has 0 saturated carbocycles. The number of hydrazine groups is 1. The summed E-state index contributed by atoms with van der Waals surface area (Å²) in [6.45, 7) is 3.83. The van der Waals surface area contributed by atoms with Crippen molar-refractivity contribution in [1.29, 1.82) is 0 Å². The summed E-state index contributed by atoms with van der Waals surface area (Å²) in [6, 6.07) is 5.13. The van der Waals surface area contributed by atoms with Crippen LogP contribution in [0.25, 0.3) is 0 Å². The van der Waals surface area contributed by atoms with E-state index in [0.29, 0.717) is 12.0 Å². The average molecular weight is 258 g/mol. The van der Waals surface area contributed by atoms with Gasteiger partial charge < -0.3 is 0 Å². The van der Waals surface area contributed by atoms with E-state index in [1.54, 1.807) is 6.07 Å². The van der Waals surface area contributed by atoms with Crippen LogP contribution >= 0.6 is 0 Å². The van der Waals surface area contributed by atoms with E-state index >= 15 is 0 Å². The zero-order chi connectivity index (χ0) is 13.8. The van der Waals surface area contributed by atoms with Crippen molar-refractivity contribution in [1.82, 2.24) is 5.43 Å². The molecule has 0 saturated heterocycles. The van der Waals surface area contributed by atoms with Crippen molar-refractivity contribution in [2.24, 2.45) is 5.84 Å². The average Bonchev–Trinajstić information content (AvgIpc) is 2.26. The van der Waals surface area contributed by atoms with E-state index in [0.717, 1.165) is 17.7 Å². The quantitative estimate of drug-likeness (QED) is 0.495. The highest BCUT2D eigenvalue weighted by molar-refractivity contribution is 5.27. The second-order valence-electron chi connectivity index (χ2n) is 4.42. The van der Waals surface area contributed by atoms with Gasteiger partial charge in [-0.2, -0.15) is 13.2 Å². The number of hydrogen-bond donors (Lipinski definition) is 2. The van der Waals surface area contributed by atoms with E-state index in [1.165, 1.54) is 6.07 Å². The van der Waals surface area contributed by atoms with Gasteiger partial charge in [0.1, 0.15) is 0 Å². The summed E-state index contributed by atoms with van der Waals surface area (Å²) >= 11 is 0. The first kappa shape index (κ1) is 14.7. The Hall–Kier alpha value is -1.33. The Labute approximate surface area is 105 Å². The number of rotatable bonds is 4. The number of allylic oxidation sites excluding steroid dienone is 1. The van der Waals surface area contributed by atoms with Crippen molar-refractivity contribution in [2.75, 3.05) is 0 Å². The van der Waals surface area contributed by atoms with Crippen molar-refractivity contribution < 1.29 is 13.2 Å². The number of halogens is 3. The van der Waals surface area contributed by atoms with Gasteiger partial charge in [-0.1, -0.05) is 29.8 Å². The molecule has 1 aromatic rings. The second kappa shape index (κ2) is 6.02. The Morgan fingerprint density at radius 3 is 2.56 bits per heavy atom. The smallest absolute Gasteiger partial charge is 0.271 e. The van der Waals surface area contributed by atoms with E-state index in [9.17, 15) is 13.2 Å². The van der Waals surface area contributed by atoms with Crippen molar-refractivity contribution in [3.05, 3.63) is 47.0 Å². The van der Waals surface area contributed by atoms with E-state index in [2.05, 4.69) is 5.43 Å². The van der Waals surface area contributed by atoms with Crippen molar-refractivity contribution in [2.45, 2.75) is 32.5 Å². The number of nitrogens with one attached hydrogen (secondary N) is 1. The van der Waals surface area contributed by atoms with E-state index in [4.69, 9.17) is 5.84 Å². The normalized spacial score (nSPS) is 13.2. The van der Waals surface area contributed by atoms with Gasteiger partial charge in [-0.05, 0) is 31.9 Å². The zero-order valence-electron chi connectivity index (χ0n) is 10.4. The van der Waals surface area contributed by atoms with Gasteiger partial charge in [0.15, 0.2) is 0 Å². The molecule has 0 aliphatic carbocycles. The Bertz CT molecular complexity index is 420. The minimum Gasteiger partial charge on any atom is -0.271 e. The first-order chi connectivity index (χ1) is 8.32. The SMILES string of the molecule is CC(C)=CC(Cc1cccc(C(F)(F)F)c1)NN. The Morgan fingerprint density at radius 2 is 2.06 bits per heavy atom. The third kappa shape index (κ3) is 4.50. The first-order valence-electron chi connectivity index (χ1n) is 5.60. The molecular formula is C13H17F3N2. The van der Waals surface area contributed by atoms with Gasteiger partial charge >= 0.3 is 6.18 Å². The maximum atomic E-state index is 12.5. The standard InChI is InChI=1S/C13H17F3N2/c1-9(2)6-12(18-17)8-10-4-3-5-11(7-10)13(14,15)16/h3-7,12,18H,8,17H2,1-2H3. The maximum Gasteiger partial charge on any atom is 0.416 e. The molecule has 0 aliphatic heterocycles. The molecule has 0 bridgehead atoms. The number of hydrogen-bond acceptors (Lipinski definition) is 2. The predicted molar refractivity (Wildman–Crippen MR) is 65.7 cm³/mol. The number of alkyl halides is 3. The van der Waals surface area contributed by atoms with Gasteiger partial charge in [-0.25, -0.2) is 0 Å². The molecule has 0 fully saturated rings. The van der Waals surface area contributed by atoms with Crippen LogP contribution in [0, 0.1) is 0 Å². The maximum absolute atomic E-state index is 12.5. The predicted octanol–water partition coefficient (Wildman–Crippen LogP) is 3.05. The largest absolute Gasteiger partial charge is 0.416 e. The Balaban J connectivity index is 2.88. The minimum atomic E-state index is -4.31. The number of nitrogens with two attached hydrogens (primary N) is 1. The third-order valence-corrected chi connectivity index (χ3v) is 2.46. The lowest BCUT2D eigenvalue weighted by atomic mass is 10.0. The molecule has 0 aromatic heterocycles. The van der Waals surface area contributed by atoms with Crippen LogP contribution in [0.4, 0.5) is 13.2 Å². The monoisotopic (exact) mass is 258 g/mol. The van der Waals surface area contributed by atoms with Crippen LogP contribution in [0.15, 0.2) is 35.9 Å². The molecule has 1 aromatic carbocycles. The molecule has 3 N–H and O–H groups in total. The first-order valence-corrected chi connectivity index (χ1v) is 5.60. The molecule has 1 atom stereocenters. The molecule has 1 unspecified atom stereocenters. The van der Waals surface area contributed by atoms with Crippen molar-refractivity contribution in [3.8, 4) is 0 Å². The fraction of sp³-hybridized carbons (Fsp3) is 0.385. The van der Waals surface area contributed by atoms with Crippen LogP contribution in [0.3, 0.4) is 0 Å². The van der Waals surface area contributed by atoms with Gasteiger partial charge in [0.05, 0.1) is 5.56 Å². The van der Waals surface area contributed by atoms with Gasteiger partial charge in [-0.15, -0.1) is 0 Å². The Kier molecular flexibility index (Phi) is 4.93. The van der Waals surface area contributed by atoms with Crippen LogP contribution in [-0.2, 0) is 12.6 Å². The van der Waals surface area contributed by atoms with Gasteiger partial charge in [0.25, 0.3) is 0 Å². The summed E-state index contributed by atoms with van der Waals surface area (Å²) < 4.78 is 37.6. The fourth-order valence-electron chi connectivity index (χ4n) is 1.70. The fourth-order valence-corrected chi connectivity index (χ4v) is 1.70. The zero-order valence-corrected chi connectivity index (χ0v) is 10.4. The summed E-state index contributed by atoms with van der Waals surface area (Å²) in [7, 11) is 0. The summed E-state index contributed by atoms with van der Waals surface area (Å²) in [5.74, 6) is 5.38. The van der Waals surface area contributed by atoms with Crippen molar-refractivity contribution in [3.63, 3.8) is 0 Å². The van der Waals surface area contributed by atoms with Gasteiger partial charge in [-0.3, -0.25) is 11.3 Å². The Morgan fingerprint density at radius 1 is 1.39 bits per heavy atom. The highest BCUT2D eigenvalue weighted by Crippen LogP contribution is 2.29. The molecule has 0 radical (unpaired) electrons. The van der Waals surface area contributed by atoms with E-state index < -0.39 is 11.7 Å². The number of benzene rings is 1. The summed E-state index contributed by atoms with van der Waals surface area (Å²) in [4.78, 5) is 0. The minimum absolute atomic E-state index is 0.168. The molecule has 100 valence electrons. The van der Waals surface area contributed by atoms with Crippen LogP contribution in [0.5, 0.6) is 0 Å².